The van der Waals surface area contributed by atoms with Crippen LogP contribution < -0.4 is 5.32 Å². The second kappa shape index (κ2) is 7.57. The van der Waals surface area contributed by atoms with Crippen molar-refractivity contribution in [3.8, 4) is 0 Å². The van der Waals surface area contributed by atoms with Crippen LogP contribution in [0.2, 0.25) is 0 Å². The molecule has 0 spiro atoms. The van der Waals surface area contributed by atoms with Crippen LogP contribution in [0.5, 0.6) is 0 Å². The minimum absolute atomic E-state index is 0.0619. The topological polar surface area (TPSA) is 38.3 Å². The van der Waals surface area contributed by atoms with Crippen LogP contribution in [-0.2, 0) is 17.2 Å². The van der Waals surface area contributed by atoms with Gasteiger partial charge in [0.2, 0.25) is 0 Å². The molecule has 0 aromatic heterocycles. The molecule has 0 heterocycles. The number of hydrogen-bond acceptors (Lipinski definition) is 2. The van der Waals surface area contributed by atoms with E-state index >= 15 is 0 Å². The average Bonchev–Trinajstić information content (AvgIpc) is 2.50. The molecular weight excluding hydrogens is 300 g/mol. The lowest BCUT2D eigenvalue weighted by molar-refractivity contribution is 0.0174. The quantitative estimate of drug-likeness (QED) is 0.803. The summed E-state index contributed by atoms with van der Waals surface area (Å²) in [6.07, 6.45) is 5.72. The number of amides is 1. The van der Waals surface area contributed by atoms with Gasteiger partial charge in [-0.05, 0) is 36.3 Å². The van der Waals surface area contributed by atoms with Gasteiger partial charge in [-0.3, -0.25) is 0 Å². The van der Waals surface area contributed by atoms with Gasteiger partial charge in [0.25, 0.3) is 5.92 Å². The Balaban J connectivity index is 1.77. The highest BCUT2D eigenvalue weighted by atomic mass is 19.3. The number of rotatable bonds is 5. The Morgan fingerprint density at radius 3 is 2.91 bits per heavy atom. The van der Waals surface area contributed by atoms with Gasteiger partial charge in [0.15, 0.2) is 0 Å². The second-order valence-corrected chi connectivity index (χ2v) is 6.28. The number of hydrogen-bond donors (Lipinski definition) is 1. The molecule has 2 atom stereocenters. The molecule has 2 unspecified atom stereocenters. The zero-order valence-corrected chi connectivity index (χ0v) is 13.5. The van der Waals surface area contributed by atoms with E-state index < -0.39 is 12.0 Å². The molecule has 0 fully saturated rings. The summed E-state index contributed by atoms with van der Waals surface area (Å²) in [5.41, 5.74) is 0.559. The molecule has 1 amide bonds. The van der Waals surface area contributed by atoms with Crippen LogP contribution in [0, 0.1) is 11.8 Å². The summed E-state index contributed by atoms with van der Waals surface area (Å²) in [4.78, 5) is 11.7. The van der Waals surface area contributed by atoms with E-state index in [1.807, 2.05) is 0 Å². The maximum atomic E-state index is 13.3. The summed E-state index contributed by atoms with van der Waals surface area (Å²) < 4.78 is 31.8. The van der Waals surface area contributed by atoms with Gasteiger partial charge in [-0.2, -0.15) is 0 Å². The molecule has 3 nitrogen and oxygen atoms in total. The van der Waals surface area contributed by atoms with Crippen molar-refractivity contribution in [1.82, 2.24) is 5.32 Å². The Morgan fingerprint density at radius 2 is 2.22 bits per heavy atom. The fourth-order valence-electron chi connectivity index (χ4n) is 2.71. The summed E-state index contributed by atoms with van der Waals surface area (Å²) in [6.45, 7) is 3.55. The lowest BCUT2D eigenvalue weighted by Crippen LogP contribution is -2.27. The molecule has 0 bridgehead atoms. The zero-order chi connectivity index (χ0) is 16.9. The summed E-state index contributed by atoms with van der Waals surface area (Å²) >= 11 is 0. The molecule has 126 valence electrons. The number of allylic oxidation sites excluding steroid dienone is 2. The molecule has 1 aromatic carbocycles. The van der Waals surface area contributed by atoms with Gasteiger partial charge in [-0.15, -0.1) is 0 Å². The smallest absolute Gasteiger partial charge is 0.407 e. The maximum Gasteiger partial charge on any atom is 0.407 e. The highest BCUT2D eigenvalue weighted by Gasteiger charge is 2.24. The SMILES string of the molecule is CC1C=CCC(COC(=O)NCc2cccc(C(C)(F)F)c2)C1. The Morgan fingerprint density at radius 1 is 1.43 bits per heavy atom. The highest BCUT2D eigenvalue weighted by Crippen LogP contribution is 2.27. The fourth-order valence-corrected chi connectivity index (χ4v) is 2.71. The number of benzene rings is 1. The van der Waals surface area contributed by atoms with E-state index in [1.54, 1.807) is 12.1 Å². The number of alkyl halides is 2. The molecule has 1 aromatic rings. The van der Waals surface area contributed by atoms with Gasteiger partial charge in [-0.1, -0.05) is 37.3 Å². The number of halogens is 2. The van der Waals surface area contributed by atoms with Crippen LogP contribution >= 0.6 is 0 Å². The van der Waals surface area contributed by atoms with Crippen LogP contribution in [0.15, 0.2) is 36.4 Å². The van der Waals surface area contributed by atoms with Gasteiger partial charge in [0, 0.05) is 19.0 Å². The number of alkyl carbamates (subject to hydrolysis) is 1. The molecule has 0 saturated heterocycles. The predicted octanol–water partition coefficient (Wildman–Crippen LogP) is 4.63. The Kier molecular flexibility index (Phi) is 5.74. The van der Waals surface area contributed by atoms with Crippen molar-refractivity contribution in [2.24, 2.45) is 11.8 Å². The summed E-state index contributed by atoms with van der Waals surface area (Å²) in [6, 6.07) is 6.03. The predicted molar refractivity (Wildman–Crippen MR) is 85.2 cm³/mol. The third-order valence-electron chi connectivity index (χ3n) is 3.96. The van der Waals surface area contributed by atoms with Gasteiger partial charge in [0.1, 0.15) is 0 Å². The van der Waals surface area contributed by atoms with Crippen LogP contribution in [-0.4, -0.2) is 12.7 Å². The minimum Gasteiger partial charge on any atom is -0.449 e. The fraction of sp³-hybridized carbons (Fsp3) is 0.500. The van der Waals surface area contributed by atoms with Crippen molar-refractivity contribution in [2.45, 2.75) is 39.2 Å². The number of carbonyl (C=O) groups is 1. The molecule has 5 heteroatoms. The van der Waals surface area contributed by atoms with Gasteiger partial charge < -0.3 is 10.1 Å². The molecule has 23 heavy (non-hydrogen) atoms. The first-order valence-electron chi connectivity index (χ1n) is 7.89. The normalized spacial score (nSPS) is 21.0. The molecule has 1 aliphatic rings. The minimum atomic E-state index is -2.89. The van der Waals surface area contributed by atoms with Crippen molar-refractivity contribution < 1.29 is 18.3 Å². The van der Waals surface area contributed by atoms with Crippen LogP contribution in [0.1, 0.15) is 37.8 Å². The standard InChI is InChI=1S/C18H23F2NO2/c1-13-5-3-7-15(9-13)12-23-17(22)21-11-14-6-4-8-16(10-14)18(2,19)20/h3-6,8,10,13,15H,7,9,11-12H2,1-2H3,(H,21,22). The monoisotopic (exact) mass is 323 g/mol. The lowest BCUT2D eigenvalue weighted by Gasteiger charge is -2.21. The molecule has 1 aliphatic carbocycles. The second-order valence-electron chi connectivity index (χ2n) is 6.28. The van der Waals surface area contributed by atoms with Gasteiger partial charge in [0.05, 0.1) is 6.61 Å². The number of carbonyl (C=O) groups excluding carboxylic acids is 1. The molecule has 0 radical (unpaired) electrons. The van der Waals surface area contributed by atoms with E-state index in [1.165, 1.54) is 12.1 Å². The Bertz CT molecular complexity index is 566. The van der Waals surface area contributed by atoms with Crippen molar-refractivity contribution in [3.05, 3.63) is 47.5 Å². The largest absolute Gasteiger partial charge is 0.449 e. The van der Waals surface area contributed by atoms with E-state index in [4.69, 9.17) is 4.74 Å². The molecule has 0 aliphatic heterocycles. The average molecular weight is 323 g/mol. The third kappa shape index (κ3) is 5.66. The first-order valence-corrected chi connectivity index (χ1v) is 7.89. The van der Waals surface area contributed by atoms with E-state index in [-0.39, 0.29) is 12.1 Å². The van der Waals surface area contributed by atoms with Gasteiger partial charge >= 0.3 is 6.09 Å². The van der Waals surface area contributed by atoms with Crippen molar-refractivity contribution in [1.29, 1.82) is 0 Å². The van der Waals surface area contributed by atoms with Crippen molar-refractivity contribution in [3.63, 3.8) is 0 Å². The number of ether oxygens (including phenoxy) is 1. The van der Waals surface area contributed by atoms with Gasteiger partial charge in [-0.25, -0.2) is 13.6 Å². The molecule has 2 rings (SSSR count). The first-order chi connectivity index (χ1) is 10.8. The lowest BCUT2D eigenvalue weighted by atomic mass is 9.88. The first kappa shape index (κ1) is 17.4. The summed E-state index contributed by atoms with van der Waals surface area (Å²) in [5, 5.41) is 2.60. The Labute approximate surface area is 135 Å². The van der Waals surface area contributed by atoms with Crippen LogP contribution in [0.3, 0.4) is 0 Å². The maximum absolute atomic E-state index is 13.3. The highest BCUT2D eigenvalue weighted by molar-refractivity contribution is 5.67. The van der Waals surface area contributed by atoms with E-state index in [2.05, 4.69) is 24.4 Å². The van der Waals surface area contributed by atoms with Crippen LogP contribution in [0.25, 0.3) is 0 Å². The van der Waals surface area contributed by atoms with Crippen molar-refractivity contribution in [2.75, 3.05) is 6.61 Å². The Hall–Kier alpha value is -1.91. The molecule has 0 saturated carbocycles. The molecular formula is C18H23F2NO2. The summed E-state index contributed by atoms with van der Waals surface area (Å²) in [5.74, 6) is -2.02. The summed E-state index contributed by atoms with van der Waals surface area (Å²) in [7, 11) is 0. The number of nitrogens with one attached hydrogen (secondary N) is 1. The molecule has 1 N–H and O–H groups in total. The van der Waals surface area contributed by atoms with E-state index in [9.17, 15) is 13.6 Å². The van der Waals surface area contributed by atoms with Crippen LogP contribution in [0.4, 0.5) is 13.6 Å². The van der Waals surface area contributed by atoms with Crippen molar-refractivity contribution >= 4 is 6.09 Å². The third-order valence-corrected chi connectivity index (χ3v) is 3.96. The van der Waals surface area contributed by atoms with E-state index in [0.717, 1.165) is 19.8 Å². The zero-order valence-electron chi connectivity index (χ0n) is 13.5. The van der Waals surface area contributed by atoms with E-state index in [0.29, 0.717) is 24.0 Å².